The van der Waals surface area contributed by atoms with E-state index in [0.717, 1.165) is 24.6 Å². The molecule has 0 bridgehead atoms. The molecule has 0 atom stereocenters. The standard InChI is InChI=1S/C12H20N2OS/c1-3-12-14-10(8-16-12)7-15-11-4-9(5-11)6-13-2/h8-9,11,13H,3-7H2,1-2H3. The van der Waals surface area contributed by atoms with Crippen LogP contribution in [0.3, 0.4) is 0 Å². The Kier molecular flexibility index (Phi) is 4.32. The third-order valence-corrected chi connectivity index (χ3v) is 4.10. The van der Waals surface area contributed by atoms with Gasteiger partial charge < -0.3 is 10.1 Å². The molecule has 1 N–H and O–H groups in total. The second-order valence-electron chi connectivity index (χ2n) is 4.41. The lowest BCUT2D eigenvalue weighted by atomic mass is 9.82. The van der Waals surface area contributed by atoms with Crippen molar-refractivity contribution in [2.75, 3.05) is 13.6 Å². The smallest absolute Gasteiger partial charge is 0.0926 e. The van der Waals surface area contributed by atoms with Crippen LogP contribution >= 0.6 is 11.3 Å². The quantitative estimate of drug-likeness (QED) is 0.828. The third-order valence-electron chi connectivity index (χ3n) is 3.05. The number of hydrogen-bond donors (Lipinski definition) is 1. The van der Waals surface area contributed by atoms with Gasteiger partial charge in [0.25, 0.3) is 0 Å². The van der Waals surface area contributed by atoms with Gasteiger partial charge in [0.1, 0.15) is 0 Å². The Hall–Kier alpha value is -0.450. The van der Waals surface area contributed by atoms with Gasteiger partial charge >= 0.3 is 0 Å². The molecule has 0 aliphatic heterocycles. The van der Waals surface area contributed by atoms with Gasteiger partial charge in [-0.05, 0) is 38.8 Å². The fourth-order valence-corrected chi connectivity index (χ4v) is 2.78. The normalized spacial score (nSPS) is 24.4. The van der Waals surface area contributed by atoms with Crippen molar-refractivity contribution in [3.8, 4) is 0 Å². The molecule has 0 radical (unpaired) electrons. The molecule has 1 aromatic rings. The van der Waals surface area contributed by atoms with Crippen molar-refractivity contribution in [3.63, 3.8) is 0 Å². The van der Waals surface area contributed by atoms with Crippen LogP contribution in [0.15, 0.2) is 5.38 Å². The van der Waals surface area contributed by atoms with Crippen LogP contribution in [0.25, 0.3) is 0 Å². The summed E-state index contributed by atoms with van der Waals surface area (Å²) in [5.41, 5.74) is 1.10. The van der Waals surface area contributed by atoms with Crippen molar-refractivity contribution in [3.05, 3.63) is 16.1 Å². The Labute approximate surface area is 101 Å². The molecule has 0 saturated heterocycles. The van der Waals surface area contributed by atoms with Crippen molar-refractivity contribution >= 4 is 11.3 Å². The SMILES string of the molecule is CCc1nc(COC2CC(CNC)C2)cs1. The molecule has 1 aromatic heterocycles. The zero-order chi connectivity index (χ0) is 11.4. The number of aryl methyl sites for hydroxylation is 1. The number of ether oxygens (including phenoxy) is 1. The van der Waals surface area contributed by atoms with Crippen molar-refractivity contribution in [1.82, 2.24) is 10.3 Å². The Morgan fingerprint density at radius 1 is 1.56 bits per heavy atom. The molecule has 4 heteroatoms. The van der Waals surface area contributed by atoms with Gasteiger partial charge in [-0.25, -0.2) is 4.98 Å². The first kappa shape index (κ1) is 12.0. The van der Waals surface area contributed by atoms with Crippen molar-refractivity contribution in [2.24, 2.45) is 5.92 Å². The summed E-state index contributed by atoms with van der Waals surface area (Å²) in [5.74, 6) is 0.816. The van der Waals surface area contributed by atoms with Crippen LogP contribution in [0.5, 0.6) is 0 Å². The molecule has 1 saturated carbocycles. The van der Waals surface area contributed by atoms with Crippen LogP contribution in [0.4, 0.5) is 0 Å². The maximum Gasteiger partial charge on any atom is 0.0926 e. The van der Waals surface area contributed by atoms with Crippen LogP contribution < -0.4 is 5.32 Å². The zero-order valence-corrected chi connectivity index (χ0v) is 10.8. The summed E-state index contributed by atoms with van der Waals surface area (Å²) in [4.78, 5) is 4.50. The molecule has 1 heterocycles. The highest BCUT2D eigenvalue weighted by Gasteiger charge is 2.29. The number of rotatable bonds is 6. The van der Waals surface area contributed by atoms with E-state index in [4.69, 9.17) is 4.74 Å². The van der Waals surface area contributed by atoms with Crippen LogP contribution in [0.1, 0.15) is 30.5 Å². The molecule has 90 valence electrons. The molecule has 1 aliphatic rings. The minimum Gasteiger partial charge on any atom is -0.372 e. The average molecular weight is 240 g/mol. The summed E-state index contributed by atoms with van der Waals surface area (Å²) in [6.45, 7) is 3.95. The summed E-state index contributed by atoms with van der Waals surface area (Å²) < 4.78 is 5.81. The minimum absolute atomic E-state index is 0.463. The van der Waals surface area contributed by atoms with E-state index in [0.29, 0.717) is 12.7 Å². The van der Waals surface area contributed by atoms with E-state index in [1.54, 1.807) is 11.3 Å². The Bertz CT molecular complexity index is 321. The largest absolute Gasteiger partial charge is 0.372 e. The molecule has 16 heavy (non-hydrogen) atoms. The molecule has 1 aliphatic carbocycles. The summed E-state index contributed by atoms with van der Waals surface area (Å²) in [6.07, 6.45) is 3.89. The number of nitrogens with one attached hydrogen (secondary N) is 1. The van der Waals surface area contributed by atoms with Crippen molar-refractivity contribution in [1.29, 1.82) is 0 Å². The number of aromatic nitrogens is 1. The van der Waals surface area contributed by atoms with E-state index < -0.39 is 0 Å². The van der Waals surface area contributed by atoms with E-state index in [-0.39, 0.29) is 0 Å². The van der Waals surface area contributed by atoms with Gasteiger partial charge in [0.2, 0.25) is 0 Å². The monoisotopic (exact) mass is 240 g/mol. The summed E-state index contributed by atoms with van der Waals surface area (Å²) in [5, 5.41) is 6.53. The zero-order valence-electron chi connectivity index (χ0n) is 10.0. The van der Waals surface area contributed by atoms with Gasteiger partial charge in [0, 0.05) is 5.38 Å². The highest BCUT2D eigenvalue weighted by atomic mass is 32.1. The van der Waals surface area contributed by atoms with Crippen LogP contribution in [-0.4, -0.2) is 24.7 Å². The van der Waals surface area contributed by atoms with Crippen LogP contribution in [0, 0.1) is 5.92 Å². The molecular weight excluding hydrogens is 220 g/mol. The molecular formula is C12H20N2OS. The van der Waals surface area contributed by atoms with E-state index in [1.807, 2.05) is 7.05 Å². The number of hydrogen-bond acceptors (Lipinski definition) is 4. The van der Waals surface area contributed by atoms with Gasteiger partial charge in [-0.15, -0.1) is 11.3 Å². The van der Waals surface area contributed by atoms with E-state index >= 15 is 0 Å². The molecule has 3 nitrogen and oxygen atoms in total. The summed E-state index contributed by atoms with van der Waals surface area (Å²) >= 11 is 1.73. The molecule has 0 unspecified atom stereocenters. The van der Waals surface area contributed by atoms with Crippen molar-refractivity contribution in [2.45, 2.75) is 38.9 Å². The van der Waals surface area contributed by atoms with Crippen LogP contribution in [-0.2, 0) is 17.8 Å². The second-order valence-corrected chi connectivity index (χ2v) is 5.36. The van der Waals surface area contributed by atoms with Gasteiger partial charge in [-0.2, -0.15) is 0 Å². The number of thiazole rings is 1. The first-order chi connectivity index (χ1) is 7.81. The van der Waals surface area contributed by atoms with Gasteiger partial charge in [-0.1, -0.05) is 6.92 Å². The van der Waals surface area contributed by atoms with Gasteiger partial charge in [0.15, 0.2) is 0 Å². The maximum absolute atomic E-state index is 5.81. The fraction of sp³-hybridized carbons (Fsp3) is 0.750. The van der Waals surface area contributed by atoms with E-state index in [9.17, 15) is 0 Å². The molecule has 1 fully saturated rings. The molecule has 0 amide bonds. The first-order valence-corrected chi connectivity index (χ1v) is 6.89. The molecule has 0 aromatic carbocycles. The average Bonchev–Trinajstić information content (AvgIpc) is 2.69. The lowest BCUT2D eigenvalue weighted by Gasteiger charge is -2.34. The van der Waals surface area contributed by atoms with Crippen LogP contribution in [0.2, 0.25) is 0 Å². The lowest BCUT2D eigenvalue weighted by Crippen LogP contribution is -2.36. The fourth-order valence-electron chi connectivity index (χ4n) is 2.05. The van der Waals surface area contributed by atoms with E-state index in [2.05, 4.69) is 22.6 Å². The predicted molar refractivity (Wildman–Crippen MR) is 66.7 cm³/mol. The van der Waals surface area contributed by atoms with Gasteiger partial charge in [-0.3, -0.25) is 0 Å². The first-order valence-electron chi connectivity index (χ1n) is 6.01. The highest BCUT2D eigenvalue weighted by Crippen LogP contribution is 2.30. The second kappa shape index (κ2) is 5.75. The van der Waals surface area contributed by atoms with Gasteiger partial charge in [0.05, 0.1) is 23.4 Å². The maximum atomic E-state index is 5.81. The van der Waals surface area contributed by atoms with Crippen molar-refractivity contribution < 1.29 is 4.74 Å². The van der Waals surface area contributed by atoms with E-state index in [1.165, 1.54) is 17.8 Å². The Morgan fingerprint density at radius 3 is 3.00 bits per heavy atom. The third kappa shape index (κ3) is 3.03. The topological polar surface area (TPSA) is 34.1 Å². The summed E-state index contributed by atoms with van der Waals surface area (Å²) in [7, 11) is 2.01. The predicted octanol–water partition coefficient (Wildman–Crippen LogP) is 2.22. The molecule has 2 rings (SSSR count). The lowest BCUT2D eigenvalue weighted by molar-refractivity contribution is -0.0401. The Morgan fingerprint density at radius 2 is 2.38 bits per heavy atom. The summed E-state index contributed by atoms with van der Waals surface area (Å²) in [6, 6.07) is 0. The Balaban J connectivity index is 1.65. The molecule has 0 spiro atoms. The minimum atomic E-state index is 0.463. The highest BCUT2D eigenvalue weighted by molar-refractivity contribution is 7.09. The number of nitrogens with zero attached hydrogens (tertiary/aromatic N) is 1.